The lowest BCUT2D eigenvalue weighted by atomic mass is 9.99. The van der Waals surface area contributed by atoms with E-state index < -0.39 is 49.5 Å². The highest BCUT2D eigenvalue weighted by Crippen LogP contribution is 2.22. The van der Waals surface area contributed by atoms with E-state index in [0.29, 0.717) is 6.42 Å². The van der Waals surface area contributed by atoms with Crippen molar-refractivity contribution in [3.8, 4) is 0 Å². The third-order valence-corrected chi connectivity index (χ3v) is 10.5. The summed E-state index contributed by atoms with van der Waals surface area (Å²) in [5.41, 5.74) is 0. The number of hydrogen-bond acceptors (Lipinski definition) is 8. The summed E-state index contributed by atoms with van der Waals surface area (Å²) in [5, 5.41) is 54.1. The van der Waals surface area contributed by atoms with Gasteiger partial charge in [-0.05, 0) is 77.0 Å². The molecule has 0 aromatic carbocycles. The van der Waals surface area contributed by atoms with Crippen molar-refractivity contribution in [1.82, 2.24) is 5.32 Å². The Kier molecular flexibility index (Phi) is 36.4. The molecule has 0 aromatic heterocycles. The molecule has 59 heavy (non-hydrogen) atoms. The second-order valence-electron chi connectivity index (χ2n) is 15.8. The minimum atomic E-state index is -1.58. The predicted molar refractivity (Wildman–Crippen MR) is 244 cm³/mol. The van der Waals surface area contributed by atoms with E-state index in [1.165, 1.54) is 64.2 Å². The molecule has 0 aliphatic carbocycles. The summed E-state index contributed by atoms with van der Waals surface area (Å²) in [6, 6.07) is -0.828. The summed E-state index contributed by atoms with van der Waals surface area (Å²) in [6.45, 7) is 3.59. The van der Waals surface area contributed by atoms with Crippen molar-refractivity contribution in [3.63, 3.8) is 0 Å². The van der Waals surface area contributed by atoms with Gasteiger partial charge in [-0.25, -0.2) is 0 Å². The second kappa shape index (κ2) is 39.5. The summed E-state index contributed by atoms with van der Waals surface area (Å²) < 4.78 is 11.2. The number of allylic oxidation sites excluding steroid dienone is 13. The average Bonchev–Trinajstić information content (AvgIpc) is 3.23. The zero-order valence-electron chi connectivity index (χ0n) is 37.0. The molecule has 1 aliphatic rings. The minimum Gasteiger partial charge on any atom is -0.394 e. The maximum atomic E-state index is 12.9. The van der Waals surface area contributed by atoms with Crippen LogP contribution in [0.2, 0.25) is 0 Å². The summed E-state index contributed by atoms with van der Waals surface area (Å²) in [5.74, 6) is -0.200. The largest absolute Gasteiger partial charge is 0.394 e. The maximum Gasteiger partial charge on any atom is 0.220 e. The van der Waals surface area contributed by atoms with Gasteiger partial charge in [0.2, 0.25) is 5.91 Å². The number of aliphatic hydroxyl groups is 5. The first-order chi connectivity index (χ1) is 28.8. The Hall–Kier alpha value is -2.63. The number of aliphatic hydroxyl groups excluding tert-OH is 5. The van der Waals surface area contributed by atoms with Crippen molar-refractivity contribution in [3.05, 3.63) is 85.1 Å². The Morgan fingerprint density at radius 1 is 0.593 bits per heavy atom. The zero-order chi connectivity index (χ0) is 43.0. The van der Waals surface area contributed by atoms with Crippen LogP contribution < -0.4 is 5.32 Å². The van der Waals surface area contributed by atoms with Crippen LogP contribution in [0, 0.1) is 0 Å². The molecule has 0 saturated carbocycles. The van der Waals surface area contributed by atoms with Crippen molar-refractivity contribution in [1.29, 1.82) is 0 Å². The van der Waals surface area contributed by atoms with E-state index in [2.05, 4.69) is 92.1 Å². The average molecular weight is 828 g/mol. The van der Waals surface area contributed by atoms with E-state index in [9.17, 15) is 30.3 Å². The van der Waals surface area contributed by atoms with Gasteiger partial charge < -0.3 is 40.3 Å². The third kappa shape index (κ3) is 30.1. The molecule has 7 unspecified atom stereocenters. The number of amides is 1. The maximum absolute atomic E-state index is 12.9. The summed E-state index contributed by atoms with van der Waals surface area (Å²) in [4.78, 5) is 12.9. The molecule has 0 aromatic rings. The molecule has 9 nitrogen and oxygen atoms in total. The molecule has 1 amide bonds. The molecular formula is C50H85NO8. The van der Waals surface area contributed by atoms with Gasteiger partial charge in [-0.1, -0.05) is 170 Å². The number of unbranched alkanes of at least 4 members (excludes halogenated alkanes) is 15. The van der Waals surface area contributed by atoms with E-state index >= 15 is 0 Å². The second-order valence-corrected chi connectivity index (χ2v) is 15.8. The van der Waals surface area contributed by atoms with Gasteiger partial charge in [0.05, 0.1) is 25.4 Å². The quantitative estimate of drug-likeness (QED) is 0.0268. The lowest BCUT2D eigenvalue weighted by Crippen LogP contribution is -2.60. The fourth-order valence-corrected chi connectivity index (χ4v) is 6.73. The molecule has 1 rings (SSSR count). The van der Waals surface area contributed by atoms with Crippen LogP contribution in [0.5, 0.6) is 0 Å². The molecule has 9 heteroatoms. The van der Waals surface area contributed by atoms with Crippen LogP contribution in [0.3, 0.4) is 0 Å². The van der Waals surface area contributed by atoms with Crippen molar-refractivity contribution in [2.24, 2.45) is 0 Å². The Bertz CT molecular complexity index is 1190. The Morgan fingerprint density at radius 2 is 1.07 bits per heavy atom. The van der Waals surface area contributed by atoms with Crippen LogP contribution in [0.25, 0.3) is 0 Å². The van der Waals surface area contributed by atoms with E-state index in [1.54, 1.807) is 6.08 Å². The van der Waals surface area contributed by atoms with E-state index in [4.69, 9.17) is 9.47 Å². The molecule has 0 radical (unpaired) electrons. The first-order valence-electron chi connectivity index (χ1n) is 23.3. The van der Waals surface area contributed by atoms with Gasteiger partial charge in [-0.2, -0.15) is 0 Å². The molecule has 338 valence electrons. The molecule has 1 aliphatic heterocycles. The first kappa shape index (κ1) is 54.4. The standard InChI is InChI=1S/C50H85NO8/c1-3-5-7-9-11-13-15-16-17-18-19-20-21-22-23-24-25-26-27-28-30-32-34-36-38-40-46(54)51-43(42-58-50-49(57)48(56)47(55)45(41-52)59-50)44(53)39-37-35-33-31-29-14-12-10-8-6-4-2/h5,7,11,13,16-17,19-20,22-23,29,31,37,39,43-45,47-50,52-53,55-57H,3-4,6,8-10,12,14-15,18,21,24-28,30,32-36,38,40-42H2,1-2H3,(H,51,54)/b7-5-,13-11-,17-16-,20-19-,23-22-,31-29+,39-37+. The topological polar surface area (TPSA) is 149 Å². The number of hydrogen-bond donors (Lipinski definition) is 6. The van der Waals surface area contributed by atoms with Crippen molar-refractivity contribution in [2.75, 3.05) is 13.2 Å². The molecular weight excluding hydrogens is 743 g/mol. The Morgan fingerprint density at radius 3 is 1.63 bits per heavy atom. The molecule has 6 N–H and O–H groups in total. The van der Waals surface area contributed by atoms with Crippen molar-refractivity contribution >= 4 is 5.91 Å². The van der Waals surface area contributed by atoms with Gasteiger partial charge in [-0.15, -0.1) is 0 Å². The van der Waals surface area contributed by atoms with Crippen molar-refractivity contribution < 1.29 is 39.8 Å². The van der Waals surface area contributed by atoms with Crippen LogP contribution in [-0.4, -0.2) is 87.5 Å². The molecule has 0 spiro atoms. The van der Waals surface area contributed by atoms with Gasteiger partial charge in [0.15, 0.2) is 6.29 Å². The molecule has 7 atom stereocenters. The van der Waals surface area contributed by atoms with Crippen LogP contribution in [0.1, 0.15) is 168 Å². The summed E-state index contributed by atoms with van der Waals surface area (Å²) in [6.07, 6.45) is 47.7. The molecule has 0 bridgehead atoms. The minimum absolute atomic E-state index is 0.200. The third-order valence-electron chi connectivity index (χ3n) is 10.5. The SMILES string of the molecule is CC/C=C\C/C=C\C/C=C\C/C=C\C/C=C\CCCCCCCCCCCC(=O)NC(COC1OC(CO)C(O)C(O)C1O)C(O)/C=C/CC/C=C/CCCCCCC. The van der Waals surface area contributed by atoms with Gasteiger partial charge in [-0.3, -0.25) is 4.79 Å². The highest BCUT2D eigenvalue weighted by atomic mass is 16.7. The van der Waals surface area contributed by atoms with Crippen molar-refractivity contribution in [2.45, 2.75) is 211 Å². The molecule has 1 saturated heterocycles. The summed E-state index contributed by atoms with van der Waals surface area (Å²) >= 11 is 0. The number of ether oxygens (including phenoxy) is 2. The lowest BCUT2D eigenvalue weighted by Gasteiger charge is -2.40. The lowest BCUT2D eigenvalue weighted by molar-refractivity contribution is -0.302. The fraction of sp³-hybridized carbons (Fsp3) is 0.700. The van der Waals surface area contributed by atoms with Gasteiger partial charge >= 0.3 is 0 Å². The smallest absolute Gasteiger partial charge is 0.220 e. The number of nitrogens with one attached hydrogen (secondary N) is 1. The number of carbonyl (C=O) groups is 1. The van der Waals surface area contributed by atoms with Gasteiger partial charge in [0.25, 0.3) is 0 Å². The number of carbonyl (C=O) groups excluding carboxylic acids is 1. The van der Waals surface area contributed by atoms with Crippen LogP contribution >= 0.6 is 0 Å². The van der Waals surface area contributed by atoms with Gasteiger partial charge in [0, 0.05) is 6.42 Å². The monoisotopic (exact) mass is 828 g/mol. The van der Waals surface area contributed by atoms with E-state index in [-0.39, 0.29) is 12.5 Å². The highest BCUT2D eigenvalue weighted by Gasteiger charge is 2.44. The van der Waals surface area contributed by atoms with Gasteiger partial charge in [0.1, 0.15) is 24.4 Å². The zero-order valence-corrected chi connectivity index (χ0v) is 37.0. The Balaban J connectivity index is 2.29. The summed E-state index contributed by atoms with van der Waals surface area (Å²) in [7, 11) is 0. The van der Waals surface area contributed by atoms with Crippen LogP contribution in [-0.2, 0) is 14.3 Å². The molecule has 1 heterocycles. The van der Waals surface area contributed by atoms with Crippen LogP contribution in [0.4, 0.5) is 0 Å². The first-order valence-corrected chi connectivity index (χ1v) is 23.3. The number of rotatable bonds is 37. The normalized spacial score (nSPS) is 21.5. The highest BCUT2D eigenvalue weighted by molar-refractivity contribution is 5.76. The molecule has 1 fully saturated rings. The van der Waals surface area contributed by atoms with E-state index in [1.807, 2.05) is 6.08 Å². The Labute approximate surface area is 359 Å². The fourth-order valence-electron chi connectivity index (χ4n) is 6.73. The van der Waals surface area contributed by atoms with E-state index in [0.717, 1.165) is 83.5 Å². The predicted octanol–water partition coefficient (Wildman–Crippen LogP) is 9.94. The van der Waals surface area contributed by atoms with Crippen LogP contribution in [0.15, 0.2) is 85.1 Å².